The van der Waals surface area contributed by atoms with Gasteiger partial charge in [-0.3, -0.25) is 4.79 Å². The zero-order valence-corrected chi connectivity index (χ0v) is 13.4. The van der Waals surface area contributed by atoms with Crippen molar-refractivity contribution in [3.05, 3.63) is 60.3 Å². The second kappa shape index (κ2) is 7.48. The first-order valence-corrected chi connectivity index (χ1v) is 8.07. The largest absolute Gasteiger partial charge is 0.467 e. The lowest BCUT2D eigenvalue weighted by atomic mass is 10.2. The number of rotatable bonds is 6. The number of benzene rings is 1. The summed E-state index contributed by atoms with van der Waals surface area (Å²) in [5.41, 5.74) is 0.930. The Kier molecular flexibility index (Phi) is 4.93. The highest BCUT2D eigenvalue weighted by Gasteiger charge is 2.11. The van der Waals surface area contributed by atoms with Gasteiger partial charge in [-0.05, 0) is 24.3 Å². The van der Waals surface area contributed by atoms with Crippen molar-refractivity contribution in [2.75, 3.05) is 11.1 Å². The maximum absolute atomic E-state index is 12.1. The van der Waals surface area contributed by atoms with E-state index in [1.165, 1.54) is 11.8 Å². The number of carbonyl (C=O) groups is 1. The number of nitrogens with zero attached hydrogens (tertiary/aromatic N) is 4. The van der Waals surface area contributed by atoms with E-state index in [1.54, 1.807) is 41.4 Å². The number of hydrogen-bond acceptors (Lipinski definition) is 6. The van der Waals surface area contributed by atoms with Gasteiger partial charge in [0, 0.05) is 0 Å². The molecular weight excluding hydrogens is 326 g/mol. The van der Waals surface area contributed by atoms with Crippen molar-refractivity contribution < 1.29 is 9.21 Å². The van der Waals surface area contributed by atoms with Gasteiger partial charge in [0.1, 0.15) is 18.2 Å². The Bertz CT molecular complexity index is 867. The molecule has 8 heteroatoms. The monoisotopic (exact) mass is 339 g/mol. The third-order valence-electron chi connectivity index (χ3n) is 3.14. The highest BCUT2D eigenvalue weighted by atomic mass is 32.2. The normalized spacial score (nSPS) is 10.3. The highest BCUT2D eigenvalue weighted by molar-refractivity contribution is 7.99. The standard InChI is InChI=1S/C16H13N5O2S/c17-8-12-4-1-2-6-14(12)19-15(22)10-24-16-20-18-11-21(16)9-13-5-3-7-23-13/h1-7,11H,9-10H2,(H,19,22). The zero-order valence-electron chi connectivity index (χ0n) is 12.5. The van der Waals surface area contributed by atoms with Crippen molar-refractivity contribution in [1.82, 2.24) is 14.8 Å². The number of anilines is 1. The van der Waals surface area contributed by atoms with E-state index in [1.807, 2.05) is 18.2 Å². The molecule has 0 radical (unpaired) electrons. The van der Waals surface area contributed by atoms with Crippen LogP contribution < -0.4 is 5.32 Å². The van der Waals surface area contributed by atoms with Crippen LogP contribution in [0.4, 0.5) is 5.69 Å². The van der Waals surface area contributed by atoms with E-state index in [0.717, 1.165) is 5.76 Å². The number of nitriles is 1. The fourth-order valence-electron chi connectivity index (χ4n) is 2.04. The van der Waals surface area contributed by atoms with Crippen molar-refractivity contribution in [1.29, 1.82) is 5.26 Å². The summed E-state index contributed by atoms with van der Waals surface area (Å²) in [5.74, 6) is 0.732. The minimum Gasteiger partial charge on any atom is -0.467 e. The minimum atomic E-state index is -0.213. The summed E-state index contributed by atoms with van der Waals surface area (Å²) in [6.07, 6.45) is 3.19. The molecule has 24 heavy (non-hydrogen) atoms. The Labute approximate surface area is 142 Å². The van der Waals surface area contributed by atoms with E-state index < -0.39 is 0 Å². The lowest BCUT2D eigenvalue weighted by Crippen LogP contribution is -2.15. The topological polar surface area (TPSA) is 96.7 Å². The molecule has 3 rings (SSSR count). The van der Waals surface area contributed by atoms with Crippen LogP contribution >= 0.6 is 11.8 Å². The Hall–Kier alpha value is -3.05. The Balaban J connectivity index is 1.59. The summed E-state index contributed by atoms with van der Waals surface area (Å²) in [4.78, 5) is 12.1. The van der Waals surface area contributed by atoms with Gasteiger partial charge in [-0.1, -0.05) is 23.9 Å². The first kappa shape index (κ1) is 15.8. The van der Waals surface area contributed by atoms with Gasteiger partial charge in [0.15, 0.2) is 5.16 Å². The average Bonchev–Trinajstić information content (AvgIpc) is 3.26. The summed E-state index contributed by atoms with van der Waals surface area (Å²) in [5, 5.41) is 20.3. The van der Waals surface area contributed by atoms with Crippen LogP contribution in [0.5, 0.6) is 0 Å². The molecule has 0 saturated carbocycles. The summed E-state index contributed by atoms with van der Waals surface area (Å²) >= 11 is 1.27. The van der Waals surface area contributed by atoms with Crippen LogP contribution in [-0.4, -0.2) is 26.4 Å². The third kappa shape index (κ3) is 3.83. The van der Waals surface area contributed by atoms with Crippen molar-refractivity contribution in [2.24, 2.45) is 0 Å². The first-order valence-electron chi connectivity index (χ1n) is 7.08. The van der Waals surface area contributed by atoms with Gasteiger partial charge in [0.05, 0.1) is 29.8 Å². The van der Waals surface area contributed by atoms with E-state index in [-0.39, 0.29) is 11.7 Å². The molecule has 120 valence electrons. The van der Waals surface area contributed by atoms with Gasteiger partial charge in [-0.15, -0.1) is 10.2 Å². The summed E-state index contributed by atoms with van der Waals surface area (Å²) < 4.78 is 7.10. The average molecular weight is 339 g/mol. The Morgan fingerprint density at radius 2 is 2.21 bits per heavy atom. The van der Waals surface area contributed by atoms with E-state index >= 15 is 0 Å². The quantitative estimate of drug-likeness (QED) is 0.693. The first-order chi connectivity index (χ1) is 11.8. The molecule has 1 amide bonds. The highest BCUT2D eigenvalue weighted by Crippen LogP contribution is 2.18. The fourth-order valence-corrected chi connectivity index (χ4v) is 2.76. The Morgan fingerprint density at radius 3 is 3.00 bits per heavy atom. The fraction of sp³-hybridized carbons (Fsp3) is 0.125. The molecule has 1 aromatic carbocycles. The number of para-hydroxylation sites is 1. The van der Waals surface area contributed by atoms with Crippen LogP contribution in [-0.2, 0) is 11.3 Å². The van der Waals surface area contributed by atoms with E-state index in [9.17, 15) is 4.79 Å². The van der Waals surface area contributed by atoms with Gasteiger partial charge in [-0.2, -0.15) is 5.26 Å². The van der Waals surface area contributed by atoms with Crippen LogP contribution in [0.15, 0.2) is 58.6 Å². The predicted octanol–water partition coefficient (Wildman–Crippen LogP) is 2.52. The van der Waals surface area contributed by atoms with E-state index in [2.05, 4.69) is 15.5 Å². The number of amides is 1. The number of furan rings is 1. The summed E-state index contributed by atoms with van der Waals surface area (Å²) in [7, 11) is 0. The smallest absolute Gasteiger partial charge is 0.234 e. The molecule has 2 heterocycles. The SMILES string of the molecule is N#Cc1ccccc1NC(=O)CSc1nncn1Cc1ccco1. The molecule has 0 aliphatic carbocycles. The van der Waals surface area contributed by atoms with Crippen molar-refractivity contribution in [3.8, 4) is 6.07 Å². The zero-order chi connectivity index (χ0) is 16.8. The molecular formula is C16H13N5O2S. The molecule has 0 spiro atoms. The second-order valence-electron chi connectivity index (χ2n) is 4.82. The molecule has 0 fully saturated rings. The molecule has 0 saturated heterocycles. The molecule has 1 N–H and O–H groups in total. The van der Waals surface area contributed by atoms with Gasteiger partial charge in [0.25, 0.3) is 0 Å². The molecule has 7 nitrogen and oxygen atoms in total. The van der Waals surface area contributed by atoms with Crippen molar-refractivity contribution >= 4 is 23.4 Å². The number of aromatic nitrogens is 3. The van der Waals surface area contributed by atoms with Crippen LogP contribution in [0.3, 0.4) is 0 Å². The van der Waals surface area contributed by atoms with Crippen molar-refractivity contribution in [3.63, 3.8) is 0 Å². The van der Waals surface area contributed by atoms with Gasteiger partial charge < -0.3 is 14.3 Å². The molecule has 0 atom stereocenters. The van der Waals surface area contributed by atoms with Crippen LogP contribution in [0, 0.1) is 11.3 Å². The molecule has 2 aromatic heterocycles. The van der Waals surface area contributed by atoms with E-state index in [4.69, 9.17) is 9.68 Å². The molecule has 0 bridgehead atoms. The maximum atomic E-state index is 12.1. The van der Waals surface area contributed by atoms with E-state index in [0.29, 0.717) is 23.0 Å². The van der Waals surface area contributed by atoms with Gasteiger partial charge in [-0.25, -0.2) is 0 Å². The lowest BCUT2D eigenvalue weighted by Gasteiger charge is -2.07. The minimum absolute atomic E-state index is 0.163. The van der Waals surface area contributed by atoms with Crippen LogP contribution in [0.2, 0.25) is 0 Å². The molecule has 0 aliphatic heterocycles. The number of thioether (sulfide) groups is 1. The Morgan fingerprint density at radius 1 is 1.33 bits per heavy atom. The van der Waals surface area contributed by atoms with Gasteiger partial charge in [0.2, 0.25) is 5.91 Å². The lowest BCUT2D eigenvalue weighted by molar-refractivity contribution is -0.113. The molecule has 0 aliphatic rings. The third-order valence-corrected chi connectivity index (χ3v) is 4.12. The summed E-state index contributed by atoms with van der Waals surface area (Å²) in [6, 6.07) is 12.6. The van der Waals surface area contributed by atoms with Crippen LogP contribution in [0.25, 0.3) is 0 Å². The molecule has 0 unspecified atom stereocenters. The van der Waals surface area contributed by atoms with Gasteiger partial charge >= 0.3 is 0 Å². The van der Waals surface area contributed by atoms with Crippen LogP contribution in [0.1, 0.15) is 11.3 Å². The predicted molar refractivity (Wildman–Crippen MR) is 88.3 cm³/mol. The number of carbonyl (C=O) groups excluding carboxylic acids is 1. The molecule has 3 aromatic rings. The van der Waals surface area contributed by atoms with Crippen molar-refractivity contribution in [2.45, 2.75) is 11.7 Å². The second-order valence-corrected chi connectivity index (χ2v) is 5.76. The summed E-state index contributed by atoms with van der Waals surface area (Å²) in [6.45, 7) is 0.501. The number of hydrogen-bond donors (Lipinski definition) is 1. The number of nitrogens with one attached hydrogen (secondary N) is 1. The maximum Gasteiger partial charge on any atom is 0.234 e.